The molecular formula is C39H28BN3O2. The summed E-state index contributed by atoms with van der Waals surface area (Å²) < 4.78 is 5.78. The summed E-state index contributed by atoms with van der Waals surface area (Å²) in [6.07, 6.45) is 0. The maximum atomic E-state index is 10.5. The average molecular weight is 581 g/mol. The first-order chi connectivity index (χ1) is 22.2. The van der Waals surface area contributed by atoms with Crippen molar-refractivity contribution in [1.82, 2.24) is 15.0 Å². The van der Waals surface area contributed by atoms with E-state index in [0.29, 0.717) is 28.7 Å². The standard InChI is InChI=1S/C39H28BN3O2/c44-40(35-14-8-3-9-15-35)45-36-26-24-34(25-27-36)39-42-37(32-20-16-30(17-21-32)28-10-4-1-5-11-28)41-38(43-39)33-22-18-31(19-23-33)29-12-6-2-7-13-29/h1-27,44H. The Balaban J connectivity index is 1.23. The molecule has 0 amide bonds. The van der Waals surface area contributed by atoms with Gasteiger partial charge in [-0.05, 0) is 52.0 Å². The highest BCUT2D eigenvalue weighted by Crippen LogP contribution is 2.29. The Morgan fingerprint density at radius 3 is 1.07 bits per heavy atom. The summed E-state index contributed by atoms with van der Waals surface area (Å²) in [6.45, 7) is 0. The third kappa shape index (κ3) is 6.42. The van der Waals surface area contributed by atoms with Gasteiger partial charge in [0.2, 0.25) is 0 Å². The van der Waals surface area contributed by atoms with E-state index in [2.05, 4.69) is 48.5 Å². The highest BCUT2D eigenvalue weighted by atomic mass is 16.5. The van der Waals surface area contributed by atoms with Crippen LogP contribution >= 0.6 is 0 Å². The minimum absolute atomic E-state index is 0.539. The van der Waals surface area contributed by atoms with Crippen molar-refractivity contribution < 1.29 is 9.68 Å². The number of aromatic nitrogens is 3. The molecule has 45 heavy (non-hydrogen) atoms. The van der Waals surface area contributed by atoms with Gasteiger partial charge in [-0.2, -0.15) is 0 Å². The fraction of sp³-hybridized carbons (Fsp3) is 0. The van der Waals surface area contributed by atoms with Gasteiger partial charge in [0.1, 0.15) is 5.75 Å². The Morgan fingerprint density at radius 1 is 0.356 bits per heavy atom. The summed E-state index contributed by atoms with van der Waals surface area (Å²) in [5.74, 6) is 2.25. The van der Waals surface area contributed by atoms with Gasteiger partial charge >= 0.3 is 7.12 Å². The molecule has 0 bridgehead atoms. The van der Waals surface area contributed by atoms with Crippen LogP contribution in [0, 0.1) is 0 Å². The minimum atomic E-state index is -1.06. The third-order valence-corrected chi connectivity index (χ3v) is 7.58. The van der Waals surface area contributed by atoms with Crippen molar-refractivity contribution in [3.8, 4) is 62.2 Å². The summed E-state index contributed by atoms with van der Waals surface area (Å²) in [5.41, 5.74) is 7.84. The number of hydrogen-bond donors (Lipinski definition) is 1. The Bertz CT molecular complexity index is 1900. The predicted octanol–water partition coefficient (Wildman–Crippen LogP) is 7.97. The molecule has 0 radical (unpaired) electrons. The van der Waals surface area contributed by atoms with Crippen LogP contribution in [0.4, 0.5) is 0 Å². The maximum absolute atomic E-state index is 10.5. The van der Waals surface area contributed by atoms with Crippen LogP contribution in [0.2, 0.25) is 0 Å². The van der Waals surface area contributed by atoms with Crippen LogP contribution in [0.3, 0.4) is 0 Å². The van der Waals surface area contributed by atoms with Crippen LogP contribution in [-0.4, -0.2) is 27.1 Å². The second kappa shape index (κ2) is 12.8. The lowest BCUT2D eigenvalue weighted by atomic mass is 9.79. The molecule has 0 aliphatic heterocycles. The van der Waals surface area contributed by atoms with Gasteiger partial charge in [-0.25, -0.2) is 15.0 Å². The van der Waals surface area contributed by atoms with Crippen LogP contribution in [-0.2, 0) is 0 Å². The monoisotopic (exact) mass is 581 g/mol. The molecule has 0 unspecified atom stereocenters. The Kier molecular flexibility index (Phi) is 7.95. The van der Waals surface area contributed by atoms with E-state index < -0.39 is 7.12 Å². The molecule has 1 aromatic heterocycles. The summed E-state index contributed by atoms with van der Waals surface area (Å²) in [7, 11) is -1.06. The average Bonchev–Trinajstić information content (AvgIpc) is 3.13. The molecule has 5 nitrogen and oxygen atoms in total. The SMILES string of the molecule is OB(Oc1ccc(-c2nc(-c3ccc(-c4ccccc4)cc3)nc(-c3ccc(-c4ccccc4)cc3)n2)cc1)c1ccccc1. The lowest BCUT2D eigenvalue weighted by molar-refractivity contribution is 0.433. The van der Waals surface area contributed by atoms with E-state index in [1.54, 1.807) is 0 Å². The molecule has 214 valence electrons. The summed E-state index contributed by atoms with van der Waals surface area (Å²) in [5, 5.41) is 10.5. The largest absolute Gasteiger partial charge is 0.560 e. The summed E-state index contributed by atoms with van der Waals surface area (Å²) in [6, 6.07) is 53.8. The highest BCUT2D eigenvalue weighted by molar-refractivity contribution is 6.60. The smallest absolute Gasteiger partial charge is 0.532 e. The predicted molar refractivity (Wildman–Crippen MR) is 182 cm³/mol. The summed E-state index contributed by atoms with van der Waals surface area (Å²) >= 11 is 0. The van der Waals surface area contributed by atoms with E-state index in [1.807, 2.05) is 115 Å². The zero-order valence-corrected chi connectivity index (χ0v) is 24.4. The van der Waals surface area contributed by atoms with Gasteiger partial charge in [0.15, 0.2) is 17.5 Å². The fourth-order valence-corrected chi connectivity index (χ4v) is 5.15. The van der Waals surface area contributed by atoms with Crippen LogP contribution in [0.1, 0.15) is 0 Å². The second-order valence-corrected chi connectivity index (χ2v) is 10.6. The maximum Gasteiger partial charge on any atom is 0.560 e. The topological polar surface area (TPSA) is 68.1 Å². The van der Waals surface area contributed by atoms with E-state index in [9.17, 15) is 5.02 Å². The van der Waals surface area contributed by atoms with Crippen molar-refractivity contribution in [3.05, 3.63) is 164 Å². The van der Waals surface area contributed by atoms with Crippen LogP contribution in [0.25, 0.3) is 56.4 Å². The molecule has 7 rings (SSSR count). The molecule has 0 aliphatic rings. The van der Waals surface area contributed by atoms with Crippen molar-refractivity contribution in [2.24, 2.45) is 0 Å². The molecule has 0 saturated heterocycles. The van der Waals surface area contributed by atoms with Gasteiger partial charge in [-0.15, -0.1) is 0 Å². The normalized spacial score (nSPS) is 10.8. The fourth-order valence-electron chi connectivity index (χ4n) is 5.15. The second-order valence-electron chi connectivity index (χ2n) is 10.6. The van der Waals surface area contributed by atoms with Gasteiger partial charge in [0.05, 0.1) is 0 Å². The van der Waals surface area contributed by atoms with Crippen molar-refractivity contribution in [2.45, 2.75) is 0 Å². The molecule has 6 aromatic carbocycles. The number of hydrogen-bond acceptors (Lipinski definition) is 5. The molecule has 0 saturated carbocycles. The highest BCUT2D eigenvalue weighted by Gasteiger charge is 2.19. The van der Waals surface area contributed by atoms with Crippen LogP contribution in [0.15, 0.2) is 164 Å². The van der Waals surface area contributed by atoms with Crippen molar-refractivity contribution >= 4 is 12.6 Å². The van der Waals surface area contributed by atoms with Gasteiger partial charge < -0.3 is 9.68 Å². The number of nitrogens with zero attached hydrogens (tertiary/aromatic N) is 3. The number of rotatable bonds is 8. The van der Waals surface area contributed by atoms with Crippen molar-refractivity contribution in [2.75, 3.05) is 0 Å². The Labute approximate surface area is 262 Å². The third-order valence-electron chi connectivity index (χ3n) is 7.58. The Hall–Kier alpha value is -5.85. The van der Waals surface area contributed by atoms with E-state index in [4.69, 9.17) is 19.6 Å². The van der Waals surface area contributed by atoms with E-state index in [0.717, 1.165) is 38.9 Å². The zero-order valence-electron chi connectivity index (χ0n) is 24.4. The molecular weight excluding hydrogens is 553 g/mol. The van der Waals surface area contributed by atoms with Gasteiger partial charge in [-0.1, -0.05) is 140 Å². The molecule has 1 N–H and O–H groups in total. The quantitative estimate of drug-likeness (QED) is 0.184. The van der Waals surface area contributed by atoms with E-state index >= 15 is 0 Å². The van der Waals surface area contributed by atoms with Crippen LogP contribution < -0.4 is 10.1 Å². The first-order valence-corrected chi connectivity index (χ1v) is 14.8. The van der Waals surface area contributed by atoms with Crippen molar-refractivity contribution in [3.63, 3.8) is 0 Å². The van der Waals surface area contributed by atoms with Gasteiger partial charge in [0, 0.05) is 16.7 Å². The van der Waals surface area contributed by atoms with Crippen molar-refractivity contribution in [1.29, 1.82) is 0 Å². The minimum Gasteiger partial charge on any atom is -0.532 e. The first kappa shape index (κ1) is 28.0. The molecule has 6 heteroatoms. The lowest BCUT2D eigenvalue weighted by Gasteiger charge is -2.12. The molecule has 0 spiro atoms. The molecule has 0 atom stereocenters. The zero-order chi connectivity index (χ0) is 30.4. The molecule has 0 fully saturated rings. The first-order valence-electron chi connectivity index (χ1n) is 14.8. The van der Waals surface area contributed by atoms with Crippen LogP contribution in [0.5, 0.6) is 5.75 Å². The van der Waals surface area contributed by atoms with Gasteiger partial charge in [-0.3, -0.25) is 0 Å². The summed E-state index contributed by atoms with van der Waals surface area (Å²) in [4.78, 5) is 14.7. The van der Waals surface area contributed by atoms with Gasteiger partial charge in [0.25, 0.3) is 0 Å². The molecule has 1 heterocycles. The molecule has 7 aromatic rings. The van der Waals surface area contributed by atoms with E-state index in [-0.39, 0.29) is 0 Å². The Morgan fingerprint density at radius 2 is 0.667 bits per heavy atom. The van der Waals surface area contributed by atoms with E-state index in [1.165, 1.54) is 0 Å². The lowest BCUT2D eigenvalue weighted by Crippen LogP contribution is -2.36. The molecule has 0 aliphatic carbocycles. The number of benzene rings is 6.